The average molecular weight is 391 g/mol. The van der Waals surface area contributed by atoms with Crippen molar-refractivity contribution >= 4 is 34.3 Å². The van der Waals surface area contributed by atoms with E-state index in [2.05, 4.69) is 15.6 Å². The number of hydrogen-bond acceptors (Lipinski definition) is 6. The number of carbonyl (C=O) groups excluding carboxylic acids is 1. The molecule has 28 heavy (non-hydrogen) atoms. The molecule has 0 bridgehead atoms. The molecule has 0 aliphatic heterocycles. The van der Waals surface area contributed by atoms with E-state index in [4.69, 9.17) is 15.9 Å². The molecule has 0 saturated carbocycles. The Hall–Kier alpha value is -3.69. The molecular weight excluding hydrogens is 375 g/mol. The topological polar surface area (TPSA) is 122 Å². The number of rotatable bonds is 6. The van der Waals surface area contributed by atoms with E-state index in [1.165, 1.54) is 25.4 Å². The van der Waals surface area contributed by atoms with Crippen molar-refractivity contribution in [1.82, 2.24) is 15.6 Å². The lowest BCUT2D eigenvalue weighted by Gasteiger charge is -2.11. The van der Waals surface area contributed by atoms with E-state index in [1.807, 2.05) is 0 Å². The predicted octanol–water partition coefficient (Wildman–Crippen LogP) is 3.16. The Morgan fingerprint density at radius 3 is 2.54 bits per heavy atom. The van der Waals surface area contributed by atoms with Gasteiger partial charge in [-0.05, 0) is 18.2 Å². The van der Waals surface area contributed by atoms with Gasteiger partial charge in [-0.15, -0.1) is 0 Å². The molecule has 0 spiro atoms. The van der Waals surface area contributed by atoms with Crippen molar-refractivity contribution in [3.63, 3.8) is 0 Å². The van der Waals surface area contributed by atoms with Gasteiger partial charge < -0.3 is 21.1 Å². The average Bonchev–Trinajstić information content (AvgIpc) is 2.66. The quantitative estimate of drug-likeness (QED) is 0.383. The lowest BCUT2D eigenvalue weighted by atomic mass is 10.1. The summed E-state index contributed by atoms with van der Waals surface area (Å²) < 4.78 is 37.4. The molecular formula is C18H16F3N5O2. The van der Waals surface area contributed by atoms with Crippen LogP contribution in [0.3, 0.4) is 0 Å². The van der Waals surface area contributed by atoms with Crippen LogP contribution in [0.15, 0.2) is 48.6 Å². The van der Waals surface area contributed by atoms with Crippen LogP contribution in [0.2, 0.25) is 0 Å². The molecule has 0 atom stereocenters. The normalized spacial score (nSPS) is 12.6. The SMILES string of the molecule is CN/C(=C\C(=N)C(F)(F)F)NC(=O)c1ccc2cc(/C(C=N)=C/O)cnc2c1. The molecule has 5 N–H and O–H groups in total. The number of aromatic nitrogens is 1. The van der Waals surface area contributed by atoms with Gasteiger partial charge in [0.15, 0.2) is 0 Å². The highest BCUT2D eigenvalue weighted by atomic mass is 19.4. The smallest absolute Gasteiger partial charge is 0.432 e. The van der Waals surface area contributed by atoms with Crippen LogP contribution in [0.5, 0.6) is 0 Å². The molecule has 10 heteroatoms. The number of nitrogens with one attached hydrogen (secondary N) is 4. The fourth-order valence-electron chi connectivity index (χ4n) is 2.21. The minimum absolute atomic E-state index is 0.150. The number of halogens is 3. The number of benzene rings is 1. The number of nitrogens with zero attached hydrogens (tertiary/aromatic N) is 1. The first-order chi connectivity index (χ1) is 13.2. The monoisotopic (exact) mass is 391 g/mol. The van der Waals surface area contributed by atoms with Crippen molar-refractivity contribution in [2.75, 3.05) is 7.05 Å². The Bertz CT molecular complexity index is 996. The summed E-state index contributed by atoms with van der Waals surface area (Å²) in [7, 11) is 1.31. The summed E-state index contributed by atoms with van der Waals surface area (Å²) in [5.74, 6) is -0.960. The van der Waals surface area contributed by atoms with E-state index in [9.17, 15) is 18.0 Å². The van der Waals surface area contributed by atoms with Gasteiger partial charge in [-0.1, -0.05) is 6.07 Å². The zero-order valence-corrected chi connectivity index (χ0v) is 14.6. The fraction of sp³-hybridized carbons (Fsp3) is 0.111. The Morgan fingerprint density at radius 1 is 1.25 bits per heavy atom. The second kappa shape index (κ2) is 8.33. The van der Waals surface area contributed by atoms with Crippen LogP contribution in [0.1, 0.15) is 15.9 Å². The van der Waals surface area contributed by atoms with E-state index >= 15 is 0 Å². The van der Waals surface area contributed by atoms with Gasteiger partial charge in [-0.25, -0.2) is 0 Å². The molecule has 7 nitrogen and oxygen atoms in total. The Kier molecular flexibility index (Phi) is 6.14. The van der Waals surface area contributed by atoms with Gasteiger partial charge in [0.2, 0.25) is 0 Å². The van der Waals surface area contributed by atoms with E-state index in [1.54, 1.807) is 12.1 Å². The summed E-state index contributed by atoms with van der Waals surface area (Å²) in [6.45, 7) is 0. The van der Waals surface area contributed by atoms with Gasteiger partial charge >= 0.3 is 6.18 Å². The molecule has 0 saturated heterocycles. The Morgan fingerprint density at radius 2 is 1.96 bits per heavy atom. The van der Waals surface area contributed by atoms with Crippen molar-refractivity contribution in [2.24, 2.45) is 0 Å². The number of amides is 1. The minimum Gasteiger partial charge on any atom is -0.515 e. The van der Waals surface area contributed by atoms with Gasteiger partial charge in [0, 0.05) is 47.6 Å². The molecule has 2 rings (SSSR count). The van der Waals surface area contributed by atoms with Crippen LogP contribution in [0.25, 0.3) is 16.5 Å². The summed E-state index contributed by atoms with van der Waals surface area (Å²) in [4.78, 5) is 16.5. The van der Waals surface area contributed by atoms with Crippen molar-refractivity contribution in [2.45, 2.75) is 6.18 Å². The van der Waals surface area contributed by atoms with Crippen molar-refractivity contribution < 1.29 is 23.1 Å². The van der Waals surface area contributed by atoms with Crippen LogP contribution < -0.4 is 10.6 Å². The largest absolute Gasteiger partial charge is 0.515 e. The zero-order chi connectivity index (χ0) is 20.9. The number of carbonyl (C=O) groups is 1. The van der Waals surface area contributed by atoms with Crippen molar-refractivity contribution in [1.29, 1.82) is 10.8 Å². The number of hydrogen-bond donors (Lipinski definition) is 5. The summed E-state index contributed by atoms with van der Waals surface area (Å²) in [6, 6.07) is 6.16. The minimum atomic E-state index is -4.82. The number of pyridine rings is 1. The van der Waals surface area contributed by atoms with E-state index in [-0.39, 0.29) is 17.0 Å². The number of alkyl halides is 3. The number of allylic oxidation sites excluding steroid dienone is 2. The van der Waals surface area contributed by atoms with Crippen LogP contribution in [0.4, 0.5) is 13.2 Å². The van der Waals surface area contributed by atoms with Crippen molar-refractivity contribution in [3.05, 3.63) is 59.7 Å². The maximum absolute atomic E-state index is 12.5. The van der Waals surface area contributed by atoms with Crippen molar-refractivity contribution in [3.8, 4) is 0 Å². The van der Waals surface area contributed by atoms with E-state index < -0.39 is 17.8 Å². The molecule has 1 amide bonds. The van der Waals surface area contributed by atoms with Gasteiger partial charge in [0.1, 0.15) is 11.5 Å². The van der Waals surface area contributed by atoms with Gasteiger partial charge in [0.05, 0.1) is 11.8 Å². The first kappa shape index (κ1) is 20.6. The second-order valence-corrected chi connectivity index (χ2v) is 5.53. The highest BCUT2D eigenvalue weighted by Gasteiger charge is 2.33. The summed E-state index contributed by atoms with van der Waals surface area (Å²) in [5.41, 5.74) is -0.252. The Balaban J connectivity index is 2.28. The molecule has 0 unspecified atom stereocenters. The lowest BCUT2D eigenvalue weighted by Crippen LogP contribution is -2.32. The van der Waals surface area contributed by atoms with Crippen LogP contribution in [-0.2, 0) is 0 Å². The summed E-state index contributed by atoms with van der Waals surface area (Å²) in [5, 5.41) is 28.6. The first-order valence-corrected chi connectivity index (χ1v) is 7.81. The predicted molar refractivity (Wildman–Crippen MR) is 99.5 cm³/mol. The third kappa shape index (κ3) is 4.72. The Labute approximate surface area is 157 Å². The third-order valence-electron chi connectivity index (χ3n) is 3.69. The van der Waals surface area contributed by atoms with Crippen LogP contribution in [-0.4, -0.2) is 41.1 Å². The summed E-state index contributed by atoms with van der Waals surface area (Å²) >= 11 is 0. The number of aliphatic hydroxyl groups is 1. The van der Waals surface area contributed by atoms with Gasteiger partial charge in [-0.2, -0.15) is 13.2 Å². The molecule has 0 aliphatic carbocycles. The van der Waals surface area contributed by atoms with Crippen LogP contribution >= 0.6 is 0 Å². The highest BCUT2D eigenvalue weighted by Crippen LogP contribution is 2.20. The highest BCUT2D eigenvalue weighted by molar-refractivity contribution is 6.09. The van der Waals surface area contributed by atoms with E-state index in [0.29, 0.717) is 22.5 Å². The third-order valence-corrected chi connectivity index (χ3v) is 3.69. The van der Waals surface area contributed by atoms with Crippen LogP contribution in [0, 0.1) is 10.8 Å². The maximum atomic E-state index is 12.5. The molecule has 1 heterocycles. The fourth-order valence-corrected chi connectivity index (χ4v) is 2.21. The van der Waals surface area contributed by atoms with Gasteiger partial charge in [-0.3, -0.25) is 15.2 Å². The molecule has 1 aromatic carbocycles. The van der Waals surface area contributed by atoms with Gasteiger partial charge in [0.25, 0.3) is 5.91 Å². The summed E-state index contributed by atoms with van der Waals surface area (Å²) in [6.07, 6.45) is -1.18. The molecule has 0 fully saturated rings. The lowest BCUT2D eigenvalue weighted by molar-refractivity contribution is -0.0584. The molecule has 1 aromatic heterocycles. The first-order valence-electron chi connectivity index (χ1n) is 7.81. The molecule has 146 valence electrons. The van der Waals surface area contributed by atoms with E-state index in [0.717, 1.165) is 12.5 Å². The standard InChI is InChI=1S/C18H16F3N5O2/c1-24-16(6-15(23)18(19,20)21)26-17(28)11-3-2-10-4-12(13(7-22)9-27)8-25-14(10)5-11/h2-9,22-24,27H,1H3,(H,26,28)/b13-9+,16-6+,22-7?,23-15?. The molecule has 0 radical (unpaired) electrons. The maximum Gasteiger partial charge on any atom is 0.432 e. The molecule has 2 aromatic rings. The number of fused-ring (bicyclic) bond motifs is 1. The second-order valence-electron chi connectivity index (χ2n) is 5.53. The zero-order valence-electron chi connectivity index (χ0n) is 14.6. The molecule has 0 aliphatic rings. The number of aliphatic hydroxyl groups excluding tert-OH is 1.